The number of halogens is 1. The maximum Gasteiger partial charge on any atom is 0.161 e. The van der Waals surface area contributed by atoms with E-state index < -0.39 is 0 Å². The number of H-pyrrole nitrogens is 2. The number of pyridine rings is 3. The number of hydrogen-bond acceptors (Lipinski definition) is 6. The van der Waals surface area contributed by atoms with Crippen LogP contribution in [0.1, 0.15) is 12.5 Å². The van der Waals surface area contributed by atoms with Crippen LogP contribution >= 0.6 is 0 Å². The predicted molar refractivity (Wildman–Crippen MR) is 133 cm³/mol. The molecular formula is C26H21FN8. The summed E-state index contributed by atoms with van der Waals surface area (Å²) in [5.74, 6) is 0.245. The van der Waals surface area contributed by atoms with Gasteiger partial charge in [0.15, 0.2) is 11.5 Å². The van der Waals surface area contributed by atoms with Gasteiger partial charge in [0.25, 0.3) is 0 Å². The molecule has 172 valence electrons. The van der Waals surface area contributed by atoms with E-state index in [2.05, 4.69) is 43.5 Å². The van der Waals surface area contributed by atoms with Gasteiger partial charge in [0, 0.05) is 36.3 Å². The van der Waals surface area contributed by atoms with Gasteiger partial charge in [-0.25, -0.2) is 14.4 Å². The highest BCUT2D eigenvalue weighted by Gasteiger charge is 2.17. The molecule has 9 heteroatoms. The van der Waals surface area contributed by atoms with Crippen molar-refractivity contribution >= 4 is 22.1 Å². The molecule has 5 aromatic heterocycles. The summed E-state index contributed by atoms with van der Waals surface area (Å²) in [5, 5.41) is 10.8. The second-order valence-corrected chi connectivity index (χ2v) is 8.21. The molecule has 0 aliphatic rings. The van der Waals surface area contributed by atoms with Crippen molar-refractivity contribution in [1.82, 2.24) is 40.4 Å². The van der Waals surface area contributed by atoms with E-state index in [4.69, 9.17) is 9.97 Å². The number of nitrogens with one attached hydrogen (secondary N) is 3. The van der Waals surface area contributed by atoms with Crippen molar-refractivity contribution in [2.45, 2.75) is 13.5 Å². The van der Waals surface area contributed by atoms with Crippen molar-refractivity contribution in [3.05, 3.63) is 78.6 Å². The smallest absolute Gasteiger partial charge is 0.161 e. The van der Waals surface area contributed by atoms with Crippen LogP contribution in [0.4, 0.5) is 4.39 Å². The Balaban J connectivity index is 1.44. The van der Waals surface area contributed by atoms with Gasteiger partial charge in [-0.2, -0.15) is 5.10 Å². The van der Waals surface area contributed by atoms with Crippen molar-refractivity contribution in [3.8, 4) is 33.9 Å². The number of fused-ring (bicyclic) bond motifs is 2. The van der Waals surface area contributed by atoms with E-state index in [1.165, 1.54) is 12.1 Å². The molecule has 0 fully saturated rings. The second-order valence-electron chi connectivity index (χ2n) is 8.21. The zero-order valence-electron chi connectivity index (χ0n) is 18.9. The van der Waals surface area contributed by atoms with E-state index in [9.17, 15) is 4.39 Å². The molecule has 1 aromatic carbocycles. The maximum absolute atomic E-state index is 13.8. The predicted octanol–water partition coefficient (Wildman–Crippen LogP) is 4.87. The Morgan fingerprint density at radius 3 is 2.69 bits per heavy atom. The summed E-state index contributed by atoms with van der Waals surface area (Å²) in [7, 11) is 0. The van der Waals surface area contributed by atoms with Gasteiger partial charge in [-0.05, 0) is 48.0 Å². The fourth-order valence-electron chi connectivity index (χ4n) is 4.13. The van der Waals surface area contributed by atoms with Crippen molar-refractivity contribution in [1.29, 1.82) is 0 Å². The molecule has 8 nitrogen and oxygen atoms in total. The number of nitrogens with zero attached hydrogens (tertiary/aromatic N) is 5. The van der Waals surface area contributed by atoms with E-state index in [1.807, 2.05) is 30.6 Å². The zero-order chi connectivity index (χ0) is 23.8. The lowest BCUT2D eigenvalue weighted by Crippen LogP contribution is -2.11. The first-order valence-electron chi connectivity index (χ1n) is 11.3. The van der Waals surface area contributed by atoms with Gasteiger partial charge < -0.3 is 10.3 Å². The third-order valence-corrected chi connectivity index (χ3v) is 5.83. The van der Waals surface area contributed by atoms with E-state index in [0.717, 1.165) is 46.5 Å². The fourth-order valence-corrected chi connectivity index (χ4v) is 4.13. The van der Waals surface area contributed by atoms with Crippen LogP contribution in [-0.2, 0) is 6.54 Å². The Bertz CT molecular complexity index is 1670. The van der Waals surface area contributed by atoms with Crippen LogP contribution in [0.2, 0.25) is 0 Å². The highest BCUT2D eigenvalue weighted by molar-refractivity contribution is 5.95. The minimum Gasteiger partial charge on any atom is -0.335 e. The average molecular weight is 465 g/mol. The summed E-state index contributed by atoms with van der Waals surface area (Å²) in [6.07, 6.45) is 7.05. The molecule has 3 N–H and O–H groups in total. The Morgan fingerprint density at radius 1 is 0.886 bits per heavy atom. The quantitative estimate of drug-likeness (QED) is 0.324. The van der Waals surface area contributed by atoms with E-state index in [0.29, 0.717) is 28.1 Å². The van der Waals surface area contributed by atoms with E-state index in [-0.39, 0.29) is 5.82 Å². The molecule has 0 unspecified atom stereocenters. The lowest BCUT2D eigenvalue weighted by Gasteiger charge is -2.05. The molecule has 0 spiro atoms. The summed E-state index contributed by atoms with van der Waals surface area (Å²) < 4.78 is 13.8. The molecule has 5 heterocycles. The van der Waals surface area contributed by atoms with Crippen LogP contribution in [0.25, 0.3) is 56.0 Å². The fraction of sp³-hybridized carbons (Fsp3) is 0.115. The summed E-state index contributed by atoms with van der Waals surface area (Å²) >= 11 is 0. The van der Waals surface area contributed by atoms with Gasteiger partial charge >= 0.3 is 0 Å². The van der Waals surface area contributed by atoms with Gasteiger partial charge in [0.2, 0.25) is 0 Å². The summed E-state index contributed by atoms with van der Waals surface area (Å²) in [4.78, 5) is 21.7. The second kappa shape index (κ2) is 8.69. The topological polar surface area (TPSA) is 108 Å². The molecule has 35 heavy (non-hydrogen) atoms. The van der Waals surface area contributed by atoms with Gasteiger partial charge in [0.1, 0.15) is 11.3 Å². The van der Waals surface area contributed by atoms with Crippen molar-refractivity contribution in [3.63, 3.8) is 0 Å². The summed E-state index contributed by atoms with van der Waals surface area (Å²) in [6, 6.07) is 12.4. The molecule has 0 aliphatic carbocycles. The first kappa shape index (κ1) is 21.1. The number of benzene rings is 1. The molecule has 0 amide bonds. The molecule has 0 atom stereocenters. The van der Waals surface area contributed by atoms with Gasteiger partial charge in [-0.3, -0.25) is 15.1 Å². The number of aromatic nitrogens is 7. The SMILES string of the molecule is CCNCc1cncc(-c2ccc3[nH]nc(-c4nc5c(-c6cccc(F)c6)cncc5[nH]4)c3n2)c1. The lowest BCUT2D eigenvalue weighted by molar-refractivity contribution is 0.628. The largest absolute Gasteiger partial charge is 0.335 e. The normalized spacial score (nSPS) is 11.5. The molecule has 6 aromatic rings. The number of hydrogen-bond donors (Lipinski definition) is 3. The molecule has 0 radical (unpaired) electrons. The number of rotatable bonds is 6. The molecule has 6 rings (SSSR count). The Labute approximate surface area is 199 Å². The van der Waals surface area contributed by atoms with Crippen LogP contribution in [-0.4, -0.2) is 41.7 Å². The van der Waals surface area contributed by atoms with Crippen LogP contribution in [0.15, 0.2) is 67.3 Å². The molecule has 0 bridgehead atoms. The Kier molecular flexibility index (Phi) is 5.23. The Morgan fingerprint density at radius 2 is 1.80 bits per heavy atom. The third kappa shape index (κ3) is 3.91. The van der Waals surface area contributed by atoms with Gasteiger partial charge in [0.05, 0.1) is 28.4 Å². The minimum absolute atomic E-state index is 0.311. The third-order valence-electron chi connectivity index (χ3n) is 5.83. The molecule has 0 saturated heterocycles. The van der Waals surface area contributed by atoms with Crippen LogP contribution in [0.3, 0.4) is 0 Å². The lowest BCUT2D eigenvalue weighted by atomic mass is 10.1. The zero-order valence-corrected chi connectivity index (χ0v) is 18.9. The molecule has 0 aliphatic heterocycles. The van der Waals surface area contributed by atoms with Crippen LogP contribution in [0.5, 0.6) is 0 Å². The first-order chi connectivity index (χ1) is 17.2. The highest BCUT2D eigenvalue weighted by atomic mass is 19.1. The van der Waals surface area contributed by atoms with Gasteiger partial charge in [-0.1, -0.05) is 19.1 Å². The first-order valence-corrected chi connectivity index (χ1v) is 11.3. The highest BCUT2D eigenvalue weighted by Crippen LogP contribution is 2.31. The van der Waals surface area contributed by atoms with Crippen molar-refractivity contribution < 1.29 is 4.39 Å². The Hall–Kier alpha value is -4.50. The van der Waals surface area contributed by atoms with Crippen molar-refractivity contribution in [2.24, 2.45) is 0 Å². The maximum atomic E-state index is 13.8. The van der Waals surface area contributed by atoms with E-state index in [1.54, 1.807) is 18.5 Å². The van der Waals surface area contributed by atoms with Crippen LogP contribution < -0.4 is 5.32 Å². The molecular weight excluding hydrogens is 443 g/mol. The number of imidazole rings is 1. The van der Waals surface area contributed by atoms with E-state index >= 15 is 0 Å². The standard InChI is InChI=1S/C26H21FN8/c1-2-28-10-15-8-17(12-29-11-15)20-6-7-21-24(31-20)25(35-34-21)26-32-22-14-30-13-19(23(22)33-26)16-4-3-5-18(27)9-16/h3-9,11-14,28H,2,10H2,1H3,(H,32,33)(H,34,35). The molecule has 0 saturated carbocycles. The van der Waals surface area contributed by atoms with Gasteiger partial charge in [-0.15, -0.1) is 0 Å². The summed E-state index contributed by atoms with van der Waals surface area (Å²) in [5.41, 5.74) is 7.76. The van der Waals surface area contributed by atoms with Crippen molar-refractivity contribution in [2.75, 3.05) is 6.54 Å². The monoisotopic (exact) mass is 464 g/mol. The number of aromatic amines is 2. The minimum atomic E-state index is -0.311. The average Bonchev–Trinajstić information content (AvgIpc) is 3.51. The van der Waals surface area contributed by atoms with Crippen LogP contribution in [0, 0.1) is 5.82 Å². The summed E-state index contributed by atoms with van der Waals surface area (Å²) in [6.45, 7) is 3.71.